The van der Waals surface area contributed by atoms with Crippen molar-refractivity contribution in [3.05, 3.63) is 64.2 Å². The van der Waals surface area contributed by atoms with Crippen LogP contribution >= 0.6 is 0 Å². The molecule has 3 nitrogen and oxygen atoms in total. The van der Waals surface area contributed by atoms with Crippen molar-refractivity contribution in [1.29, 1.82) is 0 Å². The van der Waals surface area contributed by atoms with Gasteiger partial charge in [-0.05, 0) is 56.0 Å². The minimum absolute atomic E-state index is 0.351. The first-order chi connectivity index (χ1) is 10.4. The van der Waals surface area contributed by atoms with Gasteiger partial charge in [-0.1, -0.05) is 35.9 Å². The second kappa shape index (κ2) is 6.65. The Bertz CT molecular complexity index is 689. The van der Waals surface area contributed by atoms with E-state index in [1.807, 2.05) is 58.0 Å². The zero-order chi connectivity index (χ0) is 16.3. The number of aliphatic carboxylic acids is 1. The zero-order valence-electron chi connectivity index (χ0n) is 13.5. The molecule has 3 heteroatoms. The lowest BCUT2D eigenvalue weighted by Gasteiger charge is -2.18. The Balaban J connectivity index is 2.25. The standard InChI is InChI=1S/C19H22O3/c1-12-6-5-7-16(9-12)11-18(19(20)21)22-17-10-13(2)8-14(3)15(17)4/h5-10,18H,11H2,1-4H3,(H,20,21)/t18-/m0/s1. The van der Waals surface area contributed by atoms with Crippen LogP contribution < -0.4 is 4.74 Å². The van der Waals surface area contributed by atoms with Crippen LogP contribution in [0.15, 0.2) is 36.4 Å². The molecule has 2 aromatic rings. The minimum atomic E-state index is -0.944. The molecule has 22 heavy (non-hydrogen) atoms. The molecule has 116 valence electrons. The van der Waals surface area contributed by atoms with Gasteiger partial charge < -0.3 is 9.84 Å². The maximum Gasteiger partial charge on any atom is 0.345 e. The van der Waals surface area contributed by atoms with E-state index in [0.29, 0.717) is 12.2 Å². The van der Waals surface area contributed by atoms with Gasteiger partial charge in [0.05, 0.1) is 0 Å². The van der Waals surface area contributed by atoms with E-state index in [4.69, 9.17) is 4.74 Å². The average molecular weight is 298 g/mol. The molecule has 0 fully saturated rings. The summed E-state index contributed by atoms with van der Waals surface area (Å²) in [4.78, 5) is 11.5. The highest BCUT2D eigenvalue weighted by atomic mass is 16.5. The van der Waals surface area contributed by atoms with Crippen LogP contribution in [0.2, 0.25) is 0 Å². The quantitative estimate of drug-likeness (QED) is 0.907. The Morgan fingerprint density at radius 1 is 1.09 bits per heavy atom. The van der Waals surface area contributed by atoms with E-state index in [0.717, 1.165) is 27.8 Å². The van der Waals surface area contributed by atoms with Crippen molar-refractivity contribution in [3.63, 3.8) is 0 Å². The monoisotopic (exact) mass is 298 g/mol. The van der Waals surface area contributed by atoms with Gasteiger partial charge in [-0.25, -0.2) is 4.79 Å². The fourth-order valence-electron chi connectivity index (χ4n) is 2.51. The van der Waals surface area contributed by atoms with Gasteiger partial charge in [-0.15, -0.1) is 0 Å². The zero-order valence-corrected chi connectivity index (χ0v) is 13.5. The molecule has 0 bridgehead atoms. The van der Waals surface area contributed by atoms with Crippen molar-refractivity contribution in [2.24, 2.45) is 0 Å². The van der Waals surface area contributed by atoms with E-state index in [2.05, 4.69) is 6.07 Å². The smallest absolute Gasteiger partial charge is 0.345 e. The molecule has 0 aliphatic heterocycles. The lowest BCUT2D eigenvalue weighted by molar-refractivity contribution is -0.145. The van der Waals surface area contributed by atoms with Crippen molar-refractivity contribution in [3.8, 4) is 5.75 Å². The van der Waals surface area contributed by atoms with Gasteiger partial charge in [0.2, 0.25) is 0 Å². The maximum atomic E-state index is 11.5. The molecule has 0 aromatic heterocycles. The van der Waals surface area contributed by atoms with E-state index in [-0.39, 0.29) is 0 Å². The third-order valence-electron chi connectivity index (χ3n) is 3.81. The first kappa shape index (κ1) is 16.1. The number of rotatable bonds is 5. The molecule has 2 rings (SSSR count). The van der Waals surface area contributed by atoms with Crippen molar-refractivity contribution in [2.45, 2.75) is 40.2 Å². The largest absolute Gasteiger partial charge is 0.478 e. The minimum Gasteiger partial charge on any atom is -0.478 e. The summed E-state index contributed by atoms with van der Waals surface area (Å²) in [6, 6.07) is 11.8. The first-order valence-corrected chi connectivity index (χ1v) is 7.39. The highest BCUT2D eigenvalue weighted by molar-refractivity contribution is 5.73. The number of benzene rings is 2. The molecule has 1 atom stereocenters. The van der Waals surface area contributed by atoms with Gasteiger partial charge in [0.25, 0.3) is 0 Å². The summed E-state index contributed by atoms with van der Waals surface area (Å²) in [5.41, 5.74) is 5.24. The van der Waals surface area contributed by atoms with Gasteiger partial charge in [-0.3, -0.25) is 0 Å². The third-order valence-corrected chi connectivity index (χ3v) is 3.81. The van der Waals surface area contributed by atoms with Crippen LogP contribution in [0.25, 0.3) is 0 Å². The molecular weight excluding hydrogens is 276 g/mol. The fraction of sp³-hybridized carbons (Fsp3) is 0.316. The van der Waals surface area contributed by atoms with Crippen molar-refractivity contribution in [2.75, 3.05) is 0 Å². The number of carboxylic acid groups (broad SMARTS) is 1. The van der Waals surface area contributed by atoms with Crippen molar-refractivity contribution < 1.29 is 14.6 Å². The number of carboxylic acids is 1. The molecule has 0 spiro atoms. The van der Waals surface area contributed by atoms with Crippen LogP contribution in [0, 0.1) is 27.7 Å². The molecule has 0 unspecified atom stereocenters. The van der Waals surface area contributed by atoms with E-state index in [1.54, 1.807) is 0 Å². The topological polar surface area (TPSA) is 46.5 Å². The second-order valence-corrected chi connectivity index (χ2v) is 5.84. The highest BCUT2D eigenvalue weighted by Gasteiger charge is 2.21. The van der Waals surface area contributed by atoms with E-state index < -0.39 is 12.1 Å². The number of aryl methyl sites for hydroxylation is 3. The van der Waals surface area contributed by atoms with Gasteiger partial charge in [0.15, 0.2) is 6.10 Å². The summed E-state index contributed by atoms with van der Waals surface area (Å²) in [6.07, 6.45) is -0.537. The average Bonchev–Trinajstić information content (AvgIpc) is 2.43. The molecule has 0 radical (unpaired) electrons. The highest BCUT2D eigenvalue weighted by Crippen LogP contribution is 2.25. The van der Waals surface area contributed by atoms with E-state index >= 15 is 0 Å². The lowest BCUT2D eigenvalue weighted by Crippen LogP contribution is -2.29. The van der Waals surface area contributed by atoms with Crippen molar-refractivity contribution >= 4 is 5.97 Å². The summed E-state index contributed by atoms with van der Waals surface area (Å²) in [7, 11) is 0. The van der Waals surface area contributed by atoms with Gasteiger partial charge in [0, 0.05) is 6.42 Å². The summed E-state index contributed by atoms with van der Waals surface area (Å²) in [6.45, 7) is 7.94. The maximum absolute atomic E-state index is 11.5. The van der Waals surface area contributed by atoms with Gasteiger partial charge in [-0.2, -0.15) is 0 Å². The summed E-state index contributed by atoms with van der Waals surface area (Å²) < 4.78 is 5.81. The van der Waals surface area contributed by atoms with Crippen LogP contribution in [0.4, 0.5) is 0 Å². The SMILES string of the molecule is Cc1cccc(C[C@H](Oc2cc(C)cc(C)c2C)C(=O)O)c1. The number of hydrogen-bond acceptors (Lipinski definition) is 2. The van der Waals surface area contributed by atoms with Crippen molar-refractivity contribution in [1.82, 2.24) is 0 Å². The van der Waals surface area contributed by atoms with Crippen LogP contribution in [0.3, 0.4) is 0 Å². The molecular formula is C19H22O3. The van der Waals surface area contributed by atoms with Gasteiger partial charge in [0.1, 0.15) is 5.75 Å². The normalized spacial score (nSPS) is 12.0. The molecule has 0 saturated carbocycles. The van der Waals surface area contributed by atoms with Crippen LogP contribution in [-0.4, -0.2) is 17.2 Å². The lowest BCUT2D eigenvalue weighted by atomic mass is 10.0. The molecule has 1 N–H and O–H groups in total. The van der Waals surface area contributed by atoms with Crippen LogP contribution in [-0.2, 0) is 11.2 Å². The van der Waals surface area contributed by atoms with E-state index in [1.165, 1.54) is 0 Å². The molecule has 0 heterocycles. The molecule has 0 aliphatic rings. The number of hydrogen-bond donors (Lipinski definition) is 1. The third kappa shape index (κ3) is 3.88. The predicted molar refractivity (Wildman–Crippen MR) is 87.6 cm³/mol. The van der Waals surface area contributed by atoms with Crippen LogP contribution in [0.1, 0.15) is 27.8 Å². The Morgan fingerprint density at radius 3 is 2.45 bits per heavy atom. The van der Waals surface area contributed by atoms with Crippen LogP contribution in [0.5, 0.6) is 5.75 Å². The summed E-state index contributed by atoms with van der Waals surface area (Å²) in [5, 5.41) is 9.47. The van der Waals surface area contributed by atoms with Gasteiger partial charge >= 0.3 is 5.97 Å². The second-order valence-electron chi connectivity index (χ2n) is 5.84. The summed E-state index contributed by atoms with van der Waals surface area (Å²) >= 11 is 0. The Hall–Kier alpha value is -2.29. The number of ether oxygens (including phenoxy) is 1. The van der Waals surface area contributed by atoms with E-state index in [9.17, 15) is 9.90 Å². The fourth-order valence-corrected chi connectivity index (χ4v) is 2.51. The Morgan fingerprint density at radius 2 is 1.82 bits per heavy atom. The molecule has 0 aliphatic carbocycles. The number of carbonyl (C=O) groups is 1. The molecule has 2 aromatic carbocycles. The summed E-state index contributed by atoms with van der Waals surface area (Å²) in [5.74, 6) is -0.294. The molecule has 0 amide bonds. The first-order valence-electron chi connectivity index (χ1n) is 7.39. The Kier molecular flexibility index (Phi) is 4.86. The Labute approximate surface area is 131 Å². The predicted octanol–water partition coefficient (Wildman–Crippen LogP) is 3.99. The molecule has 0 saturated heterocycles.